The highest BCUT2D eigenvalue weighted by atomic mass is 32.2. The summed E-state index contributed by atoms with van der Waals surface area (Å²) >= 11 is 1.29. The smallest absolute Gasteiger partial charge is 0.335 e. The van der Waals surface area contributed by atoms with Gasteiger partial charge in [0.05, 0.1) is 12.1 Å². The van der Waals surface area contributed by atoms with Gasteiger partial charge in [0, 0.05) is 11.1 Å². The molecule has 0 unspecified atom stereocenters. The van der Waals surface area contributed by atoms with Crippen LogP contribution in [0.1, 0.15) is 21.1 Å². The average molecular weight is 330 g/mol. The van der Waals surface area contributed by atoms with Gasteiger partial charge < -0.3 is 5.11 Å². The van der Waals surface area contributed by atoms with E-state index in [1.54, 1.807) is 12.3 Å². The van der Waals surface area contributed by atoms with E-state index in [0.29, 0.717) is 11.1 Å². The van der Waals surface area contributed by atoms with Crippen LogP contribution in [0.2, 0.25) is 0 Å². The van der Waals surface area contributed by atoms with Crippen molar-refractivity contribution >= 4 is 27.3 Å². The van der Waals surface area contributed by atoms with Crippen LogP contribution in [0.4, 0.5) is 4.39 Å². The molecule has 1 aromatic heterocycles. The fraction of sp³-hybridized carbons (Fsp3) is 0.167. The number of aryl methyl sites for hydroxylation is 1. The minimum atomic E-state index is -4.07. The topological polar surface area (TPSA) is 96.4 Å². The lowest BCUT2D eigenvalue weighted by Crippen LogP contribution is -2.24. The van der Waals surface area contributed by atoms with E-state index in [4.69, 9.17) is 5.11 Å². The molecule has 2 aromatic rings. The van der Waals surface area contributed by atoms with Gasteiger partial charge in [0.2, 0.25) is 10.0 Å². The minimum absolute atomic E-state index is 0.0546. The summed E-state index contributed by atoms with van der Waals surface area (Å²) in [6, 6.07) is 2.63. The van der Waals surface area contributed by atoms with Crippen molar-refractivity contribution in [1.29, 1.82) is 0 Å². The Morgan fingerprint density at radius 1 is 1.48 bits per heavy atom. The molecule has 0 aliphatic carbocycles. The fourth-order valence-corrected chi connectivity index (χ4v) is 3.42. The highest BCUT2D eigenvalue weighted by Gasteiger charge is 2.20. The molecule has 0 fully saturated rings. The molecule has 0 aliphatic heterocycles. The van der Waals surface area contributed by atoms with E-state index >= 15 is 0 Å². The maximum atomic E-state index is 13.7. The highest BCUT2D eigenvalue weighted by Crippen LogP contribution is 2.17. The normalized spacial score (nSPS) is 11.5. The zero-order valence-electron chi connectivity index (χ0n) is 10.8. The van der Waals surface area contributed by atoms with Crippen LogP contribution in [-0.4, -0.2) is 24.5 Å². The van der Waals surface area contributed by atoms with E-state index in [-0.39, 0.29) is 12.1 Å². The van der Waals surface area contributed by atoms with Gasteiger partial charge in [-0.15, -0.1) is 11.3 Å². The number of carbonyl (C=O) groups is 1. The summed E-state index contributed by atoms with van der Waals surface area (Å²) in [5, 5.41) is 11.0. The third-order valence-corrected chi connectivity index (χ3v) is 4.95. The van der Waals surface area contributed by atoms with Crippen molar-refractivity contribution < 1.29 is 22.7 Å². The van der Waals surface area contributed by atoms with E-state index in [2.05, 4.69) is 9.71 Å². The summed E-state index contributed by atoms with van der Waals surface area (Å²) in [4.78, 5) is 14.2. The van der Waals surface area contributed by atoms with Crippen LogP contribution < -0.4 is 4.72 Å². The number of hydrogen-bond donors (Lipinski definition) is 2. The number of sulfonamides is 1. The van der Waals surface area contributed by atoms with Gasteiger partial charge in [-0.25, -0.2) is 27.3 Å². The van der Waals surface area contributed by atoms with Gasteiger partial charge in [-0.2, -0.15) is 0 Å². The molecular formula is C12H11FN2O4S2. The summed E-state index contributed by atoms with van der Waals surface area (Å²) in [7, 11) is -4.07. The van der Waals surface area contributed by atoms with E-state index in [1.165, 1.54) is 11.3 Å². The number of carboxylic acid groups (broad SMARTS) is 1. The van der Waals surface area contributed by atoms with Crippen molar-refractivity contribution in [1.82, 2.24) is 9.71 Å². The number of aromatic nitrogens is 1. The Balaban J connectivity index is 2.21. The number of thiazole rings is 1. The van der Waals surface area contributed by atoms with Gasteiger partial charge in [0.1, 0.15) is 15.7 Å². The number of nitrogens with one attached hydrogen (secondary N) is 1. The molecule has 0 radical (unpaired) electrons. The predicted molar refractivity (Wildman–Crippen MR) is 74.2 cm³/mol. The number of benzene rings is 1. The number of halogens is 1. The molecule has 2 rings (SSSR count). The van der Waals surface area contributed by atoms with Crippen molar-refractivity contribution in [3.8, 4) is 0 Å². The molecule has 0 bridgehead atoms. The SMILES string of the molecule is Cc1csc(CNS(=O)(=O)c2ccc(C(=O)O)cc2F)n1. The van der Waals surface area contributed by atoms with Crippen LogP contribution in [0.5, 0.6) is 0 Å². The first-order chi connectivity index (χ1) is 9.79. The van der Waals surface area contributed by atoms with Gasteiger partial charge in [-0.1, -0.05) is 0 Å². The zero-order chi connectivity index (χ0) is 15.6. The Labute approximate surface area is 124 Å². The number of aromatic carboxylic acids is 1. The Kier molecular flexibility index (Phi) is 4.35. The van der Waals surface area contributed by atoms with Crippen molar-refractivity contribution in [2.45, 2.75) is 18.4 Å². The Bertz CT molecular complexity index is 786. The quantitative estimate of drug-likeness (QED) is 0.871. The third-order valence-electron chi connectivity index (χ3n) is 2.55. The monoisotopic (exact) mass is 330 g/mol. The second-order valence-corrected chi connectivity index (χ2v) is 6.84. The van der Waals surface area contributed by atoms with E-state index in [0.717, 1.165) is 17.8 Å². The molecule has 2 N–H and O–H groups in total. The molecular weight excluding hydrogens is 319 g/mol. The van der Waals surface area contributed by atoms with E-state index < -0.39 is 26.7 Å². The van der Waals surface area contributed by atoms with Gasteiger partial charge in [0.15, 0.2) is 0 Å². The molecule has 0 saturated carbocycles. The maximum absolute atomic E-state index is 13.7. The van der Waals surface area contributed by atoms with Crippen LogP contribution in [0, 0.1) is 12.7 Å². The molecule has 0 atom stereocenters. The number of carboxylic acids is 1. The zero-order valence-corrected chi connectivity index (χ0v) is 12.5. The molecule has 0 spiro atoms. The molecule has 0 aliphatic rings. The first-order valence-electron chi connectivity index (χ1n) is 5.73. The Morgan fingerprint density at radius 3 is 2.71 bits per heavy atom. The predicted octanol–water partition coefficient (Wildman–Crippen LogP) is 1.77. The lowest BCUT2D eigenvalue weighted by Gasteiger charge is -2.07. The van der Waals surface area contributed by atoms with Gasteiger partial charge in [0.25, 0.3) is 0 Å². The lowest BCUT2D eigenvalue weighted by atomic mass is 10.2. The molecule has 112 valence electrons. The molecule has 0 amide bonds. The number of rotatable bonds is 5. The second kappa shape index (κ2) is 5.88. The molecule has 1 aromatic carbocycles. The summed E-state index contributed by atoms with van der Waals surface area (Å²) in [5.74, 6) is -2.44. The van der Waals surface area contributed by atoms with E-state index in [9.17, 15) is 17.6 Å². The number of hydrogen-bond acceptors (Lipinski definition) is 5. The highest BCUT2D eigenvalue weighted by molar-refractivity contribution is 7.89. The van der Waals surface area contributed by atoms with Gasteiger partial charge in [-0.3, -0.25) is 0 Å². The van der Waals surface area contributed by atoms with Crippen molar-refractivity contribution in [2.24, 2.45) is 0 Å². The van der Waals surface area contributed by atoms with E-state index in [1.807, 2.05) is 0 Å². The van der Waals surface area contributed by atoms with Gasteiger partial charge in [-0.05, 0) is 25.1 Å². The molecule has 6 nitrogen and oxygen atoms in total. The van der Waals surface area contributed by atoms with Crippen molar-refractivity contribution in [3.05, 3.63) is 45.7 Å². The first kappa shape index (κ1) is 15.5. The van der Waals surface area contributed by atoms with Crippen molar-refractivity contribution in [3.63, 3.8) is 0 Å². The Hall–Kier alpha value is -1.84. The molecule has 21 heavy (non-hydrogen) atoms. The standard InChI is InChI=1S/C12H11FN2O4S2/c1-7-6-20-11(15-7)5-14-21(18,19)10-3-2-8(12(16)17)4-9(10)13/h2-4,6,14H,5H2,1H3,(H,16,17). The summed E-state index contributed by atoms with van der Waals surface area (Å²) < 4.78 is 40.0. The molecule has 0 saturated heterocycles. The van der Waals surface area contributed by atoms with Crippen LogP contribution in [0.15, 0.2) is 28.5 Å². The van der Waals surface area contributed by atoms with Crippen LogP contribution in [0.25, 0.3) is 0 Å². The first-order valence-corrected chi connectivity index (χ1v) is 8.09. The fourth-order valence-electron chi connectivity index (χ4n) is 1.57. The summed E-state index contributed by atoms with van der Waals surface area (Å²) in [6.45, 7) is 1.72. The average Bonchev–Trinajstić information content (AvgIpc) is 2.82. The summed E-state index contributed by atoms with van der Waals surface area (Å²) in [5.41, 5.74) is 0.452. The van der Waals surface area contributed by atoms with Crippen molar-refractivity contribution in [2.75, 3.05) is 0 Å². The largest absolute Gasteiger partial charge is 0.478 e. The number of nitrogens with zero attached hydrogens (tertiary/aromatic N) is 1. The molecule has 9 heteroatoms. The van der Waals surface area contributed by atoms with Gasteiger partial charge >= 0.3 is 5.97 Å². The third kappa shape index (κ3) is 3.63. The second-order valence-electron chi connectivity index (χ2n) is 4.16. The minimum Gasteiger partial charge on any atom is -0.478 e. The maximum Gasteiger partial charge on any atom is 0.335 e. The van der Waals surface area contributed by atoms with Crippen LogP contribution in [0.3, 0.4) is 0 Å². The van der Waals surface area contributed by atoms with Crippen LogP contribution in [-0.2, 0) is 16.6 Å². The molecule has 1 heterocycles. The Morgan fingerprint density at radius 2 is 2.19 bits per heavy atom. The lowest BCUT2D eigenvalue weighted by molar-refractivity contribution is 0.0696. The summed E-state index contributed by atoms with van der Waals surface area (Å²) in [6.07, 6.45) is 0. The van der Waals surface area contributed by atoms with Crippen LogP contribution >= 0.6 is 11.3 Å².